The lowest BCUT2D eigenvalue weighted by molar-refractivity contribution is -0.385. The van der Waals surface area contributed by atoms with Crippen LogP contribution in [0.3, 0.4) is 0 Å². The van der Waals surface area contributed by atoms with Gasteiger partial charge >= 0.3 is 5.69 Å². The normalized spacial score (nSPS) is 10.5. The Bertz CT molecular complexity index is 818. The lowest BCUT2D eigenvalue weighted by Gasteiger charge is -2.08. The number of ether oxygens (including phenoxy) is 2. The van der Waals surface area contributed by atoms with Crippen LogP contribution in [0.1, 0.15) is 15.9 Å². The molecule has 0 spiro atoms. The molecule has 0 aliphatic rings. The lowest BCUT2D eigenvalue weighted by Crippen LogP contribution is -2.17. The van der Waals surface area contributed by atoms with Crippen LogP contribution in [0.5, 0.6) is 11.5 Å². The Hall–Kier alpha value is -3.62. The molecule has 0 unspecified atom stereocenters. The molecule has 0 aromatic heterocycles. The number of nitrogens with one attached hydrogen (secondary N) is 1. The number of nitrogens with zero attached hydrogens (tertiary/aromatic N) is 2. The Balaban J connectivity index is 2.22. The summed E-state index contributed by atoms with van der Waals surface area (Å²) in [6, 6.07) is 8.92. The first-order valence-electron chi connectivity index (χ1n) is 7.05. The highest BCUT2D eigenvalue weighted by molar-refractivity contribution is 5.95. The van der Waals surface area contributed by atoms with E-state index in [2.05, 4.69) is 10.5 Å². The van der Waals surface area contributed by atoms with Gasteiger partial charge in [-0.25, -0.2) is 5.43 Å². The van der Waals surface area contributed by atoms with Crippen LogP contribution < -0.4 is 20.6 Å². The Kier molecular flexibility index (Phi) is 5.51. The molecule has 0 fully saturated rings. The van der Waals surface area contributed by atoms with Gasteiger partial charge in [-0.1, -0.05) is 0 Å². The lowest BCUT2D eigenvalue weighted by atomic mass is 10.1. The molecule has 0 aliphatic carbocycles. The molecule has 0 bridgehead atoms. The number of nitrogens with two attached hydrogens (primary N) is 1. The molecular formula is C16H16N4O5. The molecule has 2 aromatic rings. The first-order chi connectivity index (χ1) is 12.0. The van der Waals surface area contributed by atoms with Gasteiger partial charge in [-0.2, -0.15) is 5.10 Å². The van der Waals surface area contributed by atoms with Crippen molar-refractivity contribution in [1.82, 2.24) is 5.43 Å². The number of methoxy groups -OCH3 is 2. The molecule has 0 saturated carbocycles. The molecule has 9 nitrogen and oxygen atoms in total. The number of nitro benzene ring substituents is 1. The second-order valence-electron chi connectivity index (χ2n) is 4.84. The van der Waals surface area contributed by atoms with Crippen LogP contribution in [0.25, 0.3) is 0 Å². The maximum Gasteiger partial charge on any atom is 0.311 e. The maximum atomic E-state index is 12.0. The number of hydrogen-bond donors (Lipinski definition) is 2. The zero-order valence-corrected chi connectivity index (χ0v) is 13.6. The highest BCUT2D eigenvalue weighted by atomic mass is 16.6. The molecule has 9 heteroatoms. The monoisotopic (exact) mass is 344 g/mol. The summed E-state index contributed by atoms with van der Waals surface area (Å²) in [5, 5.41) is 14.9. The number of benzene rings is 2. The number of nitro groups is 1. The quantitative estimate of drug-likeness (QED) is 0.357. The number of anilines is 1. The molecule has 0 atom stereocenters. The summed E-state index contributed by atoms with van der Waals surface area (Å²) in [7, 11) is 2.73. The van der Waals surface area contributed by atoms with Crippen LogP contribution >= 0.6 is 0 Å². The summed E-state index contributed by atoms with van der Waals surface area (Å²) < 4.78 is 10.1. The topological polar surface area (TPSA) is 129 Å². The van der Waals surface area contributed by atoms with E-state index in [0.29, 0.717) is 22.6 Å². The first kappa shape index (κ1) is 17.7. The SMILES string of the molecule is COc1cc(OC)c([N+](=O)[O-])cc1/C=N\NC(=O)c1ccc(N)cc1. The van der Waals surface area contributed by atoms with Gasteiger partial charge in [0, 0.05) is 28.9 Å². The second-order valence-corrected chi connectivity index (χ2v) is 4.84. The van der Waals surface area contributed by atoms with Crippen LogP contribution in [-0.2, 0) is 0 Å². The van der Waals surface area contributed by atoms with E-state index in [0.717, 1.165) is 0 Å². The Morgan fingerprint density at radius 2 is 1.84 bits per heavy atom. The van der Waals surface area contributed by atoms with Gasteiger partial charge in [0.1, 0.15) is 5.75 Å². The van der Waals surface area contributed by atoms with E-state index in [1.54, 1.807) is 24.3 Å². The van der Waals surface area contributed by atoms with Crippen LogP contribution in [-0.4, -0.2) is 31.3 Å². The van der Waals surface area contributed by atoms with Crippen molar-refractivity contribution in [2.24, 2.45) is 5.10 Å². The molecule has 1 amide bonds. The Morgan fingerprint density at radius 1 is 1.20 bits per heavy atom. The summed E-state index contributed by atoms with van der Waals surface area (Å²) in [6.07, 6.45) is 1.25. The zero-order valence-electron chi connectivity index (χ0n) is 13.6. The molecule has 3 N–H and O–H groups in total. The standard InChI is InChI=1S/C16H16N4O5/c1-24-14-8-15(25-2)13(20(22)23)7-11(14)9-18-19-16(21)10-3-5-12(17)6-4-10/h3-9H,17H2,1-2H3,(H,19,21)/b18-9-. The minimum Gasteiger partial charge on any atom is -0.496 e. The highest BCUT2D eigenvalue weighted by Crippen LogP contribution is 2.33. The van der Waals surface area contributed by atoms with Gasteiger partial charge in [-0.05, 0) is 24.3 Å². The van der Waals surface area contributed by atoms with Crippen molar-refractivity contribution in [3.05, 3.63) is 57.6 Å². The zero-order chi connectivity index (χ0) is 18.4. The fraction of sp³-hybridized carbons (Fsp3) is 0.125. The molecule has 25 heavy (non-hydrogen) atoms. The van der Waals surface area contributed by atoms with E-state index in [1.165, 1.54) is 32.6 Å². The molecule has 0 saturated heterocycles. The summed E-state index contributed by atoms with van der Waals surface area (Å²) in [5.41, 5.74) is 8.87. The fourth-order valence-corrected chi connectivity index (χ4v) is 2.01. The van der Waals surface area contributed by atoms with E-state index in [-0.39, 0.29) is 11.4 Å². The van der Waals surface area contributed by atoms with Crippen LogP contribution in [0.4, 0.5) is 11.4 Å². The van der Waals surface area contributed by atoms with Crippen molar-refractivity contribution in [3.8, 4) is 11.5 Å². The van der Waals surface area contributed by atoms with E-state index in [9.17, 15) is 14.9 Å². The predicted octanol–water partition coefficient (Wildman–Crippen LogP) is 1.96. The Labute approximate surface area is 143 Å². The molecule has 2 aromatic carbocycles. The summed E-state index contributed by atoms with van der Waals surface area (Å²) in [6.45, 7) is 0. The fourth-order valence-electron chi connectivity index (χ4n) is 2.01. The van der Waals surface area contributed by atoms with Crippen molar-refractivity contribution < 1.29 is 19.2 Å². The minimum atomic E-state index is -0.581. The molecule has 0 heterocycles. The average molecular weight is 344 g/mol. The predicted molar refractivity (Wildman–Crippen MR) is 92.1 cm³/mol. The number of carbonyl (C=O) groups excluding carboxylic acids is 1. The molecular weight excluding hydrogens is 328 g/mol. The number of carbonyl (C=O) groups is 1. The van der Waals surface area contributed by atoms with Gasteiger partial charge in [-0.15, -0.1) is 0 Å². The van der Waals surface area contributed by atoms with E-state index >= 15 is 0 Å². The largest absolute Gasteiger partial charge is 0.496 e. The number of rotatable bonds is 6. The van der Waals surface area contributed by atoms with E-state index in [1.807, 2.05) is 0 Å². The van der Waals surface area contributed by atoms with Gasteiger partial charge in [0.25, 0.3) is 5.91 Å². The smallest absolute Gasteiger partial charge is 0.311 e. The van der Waals surface area contributed by atoms with E-state index in [4.69, 9.17) is 15.2 Å². The number of nitrogen functional groups attached to an aromatic ring is 1. The van der Waals surface area contributed by atoms with Gasteiger partial charge in [0.15, 0.2) is 0 Å². The van der Waals surface area contributed by atoms with Gasteiger partial charge < -0.3 is 15.2 Å². The minimum absolute atomic E-state index is 0.0601. The third kappa shape index (κ3) is 4.22. The molecule has 2 rings (SSSR count). The molecule has 0 aliphatic heterocycles. The number of amides is 1. The summed E-state index contributed by atoms with van der Waals surface area (Å²) in [4.78, 5) is 22.5. The number of hydrazone groups is 1. The third-order valence-corrected chi connectivity index (χ3v) is 3.27. The summed E-state index contributed by atoms with van der Waals surface area (Å²) >= 11 is 0. The van der Waals surface area contributed by atoms with Crippen molar-refractivity contribution in [2.75, 3.05) is 20.0 Å². The third-order valence-electron chi connectivity index (χ3n) is 3.27. The molecule has 130 valence electrons. The van der Waals surface area contributed by atoms with Gasteiger partial charge in [0.05, 0.1) is 25.4 Å². The van der Waals surface area contributed by atoms with Crippen LogP contribution in [0, 0.1) is 10.1 Å². The first-order valence-corrected chi connectivity index (χ1v) is 7.05. The van der Waals surface area contributed by atoms with Gasteiger partial charge in [0.2, 0.25) is 5.75 Å². The van der Waals surface area contributed by atoms with Crippen molar-refractivity contribution >= 4 is 23.5 Å². The van der Waals surface area contributed by atoms with Crippen LogP contribution in [0.2, 0.25) is 0 Å². The van der Waals surface area contributed by atoms with Gasteiger partial charge in [-0.3, -0.25) is 14.9 Å². The van der Waals surface area contributed by atoms with Crippen molar-refractivity contribution in [1.29, 1.82) is 0 Å². The molecule has 0 radical (unpaired) electrons. The van der Waals surface area contributed by atoms with E-state index < -0.39 is 10.8 Å². The second kappa shape index (κ2) is 7.77. The maximum absolute atomic E-state index is 12.0. The Morgan fingerprint density at radius 3 is 2.40 bits per heavy atom. The van der Waals surface area contributed by atoms with Crippen molar-refractivity contribution in [2.45, 2.75) is 0 Å². The average Bonchev–Trinajstić information content (AvgIpc) is 2.61. The summed E-state index contributed by atoms with van der Waals surface area (Å²) in [5.74, 6) is -0.0731. The van der Waals surface area contributed by atoms with Crippen molar-refractivity contribution in [3.63, 3.8) is 0 Å². The van der Waals surface area contributed by atoms with Crippen LogP contribution in [0.15, 0.2) is 41.5 Å². The highest BCUT2D eigenvalue weighted by Gasteiger charge is 2.18. The number of hydrogen-bond acceptors (Lipinski definition) is 7.